The Labute approximate surface area is 160 Å². The Morgan fingerprint density at radius 3 is 2.69 bits per heavy atom. The minimum Gasteiger partial charge on any atom is -0.312 e. The Morgan fingerprint density at radius 2 is 1.85 bits per heavy atom. The van der Waals surface area contributed by atoms with Gasteiger partial charge in [-0.25, -0.2) is 9.97 Å². The molecular formula is C19H11BrN4OS. The van der Waals surface area contributed by atoms with Gasteiger partial charge in [-0.3, -0.25) is 9.36 Å². The predicted molar refractivity (Wildman–Crippen MR) is 108 cm³/mol. The first-order chi connectivity index (χ1) is 12.7. The van der Waals surface area contributed by atoms with Crippen LogP contribution in [0.2, 0.25) is 0 Å². The highest BCUT2D eigenvalue weighted by Gasteiger charge is 2.16. The number of fused-ring (bicyclic) bond motifs is 2. The quantitative estimate of drug-likeness (QED) is 0.417. The summed E-state index contributed by atoms with van der Waals surface area (Å²) < 4.78 is 3.68. The number of halogens is 1. The molecule has 26 heavy (non-hydrogen) atoms. The SMILES string of the molecule is O=c1[nH]c2ccc(-n3c(-c4ccccc4)nc4ccc(Br)nc43)cc2s1. The Morgan fingerprint density at radius 1 is 1.00 bits per heavy atom. The zero-order valence-corrected chi connectivity index (χ0v) is 15.7. The number of benzene rings is 2. The van der Waals surface area contributed by atoms with Crippen LogP contribution in [0.3, 0.4) is 0 Å². The molecule has 126 valence electrons. The van der Waals surface area contributed by atoms with Crippen molar-refractivity contribution in [3.63, 3.8) is 0 Å². The summed E-state index contributed by atoms with van der Waals surface area (Å²) in [5.41, 5.74) is 4.34. The second-order valence-corrected chi connectivity index (χ2v) is 7.64. The first-order valence-corrected chi connectivity index (χ1v) is 9.54. The lowest BCUT2D eigenvalue weighted by Gasteiger charge is -2.09. The van der Waals surface area contributed by atoms with E-state index in [1.807, 2.05) is 65.2 Å². The van der Waals surface area contributed by atoms with E-state index >= 15 is 0 Å². The molecule has 3 aromatic heterocycles. The van der Waals surface area contributed by atoms with E-state index in [1.54, 1.807) is 0 Å². The average Bonchev–Trinajstić information content (AvgIpc) is 3.20. The van der Waals surface area contributed by atoms with Crippen LogP contribution in [0.5, 0.6) is 0 Å². The predicted octanol–water partition coefficient (Wildman–Crippen LogP) is 4.75. The number of H-pyrrole nitrogens is 1. The molecule has 0 aliphatic heterocycles. The van der Waals surface area contributed by atoms with Crippen molar-refractivity contribution in [2.75, 3.05) is 0 Å². The van der Waals surface area contributed by atoms with E-state index in [0.717, 1.165) is 43.1 Å². The third-order valence-corrected chi connectivity index (χ3v) is 5.45. The normalized spacial score (nSPS) is 11.4. The maximum atomic E-state index is 11.7. The Hall–Kier alpha value is -2.77. The van der Waals surface area contributed by atoms with Crippen LogP contribution >= 0.6 is 27.3 Å². The van der Waals surface area contributed by atoms with Gasteiger partial charge in [-0.2, -0.15) is 0 Å². The largest absolute Gasteiger partial charge is 0.312 e. The minimum atomic E-state index is -0.0585. The molecule has 0 amide bonds. The molecular weight excluding hydrogens is 412 g/mol. The minimum absolute atomic E-state index is 0.0585. The molecule has 0 fully saturated rings. The van der Waals surface area contributed by atoms with Crippen LogP contribution in [-0.2, 0) is 0 Å². The van der Waals surface area contributed by atoms with Gasteiger partial charge in [0.25, 0.3) is 0 Å². The molecule has 0 saturated heterocycles. The van der Waals surface area contributed by atoms with Crippen molar-refractivity contribution in [2.24, 2.45) is 0 Å². The fourth-order valence-electron chi connectivity index (χ4n) is 3.03. The van der Waals surface area contributed by atoms with E-state index in [9.17, 15) is 4.79 Å². The van der Waals surface area contributed by atoms with Gasteiger partial charge < -0.3 is 4.98 Å². The molecule has 0 spiro atoms. The molecule has 0 saturated carbocycles. The third-order valence-electron chi connectivity index (χ3n) is 4.17. The number of aromatic nitrogens is 4. The summed E-state index contributed by atoms with van der Waals surface area (Å²) in [7, 11) is 0. The van der Waals surface area contributed by atoms with Gasteiger partial charge in [-0.15, -0.1) is 0 Å². The number of aromatic amines is 1. The summed E-state index contributed by atoms with van der Waals surface area (Å²) in [5, 5.41) is 0. The highest BCUT2D eigenvalue weighted by Crippen LogP contribution is 2.30. The van der Waals surface area contributed by atoms with Crippen molar-refractivity contribution < 1.29 is 0 Å². The summed E-state index contributed by atoms with van der Waals surface area (Å²) in [5.74, 6) is 0.813. The first-order valence-electron chi connectivity index (χ1n) is 7.93. The highest BCUT2D eigenvalue weighted by atomic mass is 79.9. The third kappa shape index (κ3) is 2.48. The van der Waals surface area contributed by atoms with Crippen LogP contribution in [0.15, 0.2) is 70.1 Å². The Balaban J connectivity index is 1.86. The number of rotatable bonds is 2. The lowest BCUT2D eigenvalue weighted by Crippen LogP contribution is -1.98. The zero-order chi connectivity index (χ0) is 17.7. The smallest absolute Gasteiger partial charge is 0.305 e. The summed E-state index contributed by atoms with van der Waals surface area (Å²) in [4.78, 5) is 23.9. The van der Waals surface area contributed by atoms with E-state index in [-0.39, 0.29) is 4.87 Å². The van der Waals surface area contributed by atoms with Gasteiger partial charge in [-0.1, -0.05) is 41.7 Å². The molecule has 1 N–H and O–H groups in total. The number of nitrogens with zero attached hydrogens (tertiary/aromatic N) is 3. The molecule has 5 rings (SSSR count). The van der Waals surface area contributed by atoms with Crippen LogP contribution in [0.1, 0.15) is 0 Å². The monoisotopic (exact) mass is 422 g/mol. The lowest BCUT2D eigenvalue weighted by atomic mass is 10.2. The maximum Gasteiger partial charge on any atom is 0.305 e. The summed E-state index contributed by atoms with van der Waals surface area (Å²) in [6.45, 7) is 0. The van der Waals surface area contributed by atoms with Crippen LogP contribution in [0.25, 0.3) is 38.5 Å². The second kappa shape index (κ2) is 5.89. The number of pyridine rings is 1. The van der Waals surface area contributed by atoms with Gasteiger partial charge in [-0.05, 0) is 46.3 Å². The van der Waals surface area contributed by atoms with Crippen molar-refractivity contribution in [2.45, 2.75) is 0 Å². The molecule has 0 aliphatic rings. The molecule has 2 aromatic carbocycles. The van der Waals surface area contributed by atoms with Crippen molar-refractivity contribution in [1.29, 1.82) is 0 Å². The second-order valence-electron chi connectivity index (χ2n) is 5.81. The summed E-state index contributed by atoms with van der Waals surface area (Å²) in [6, 6.07) is 19.7. The van der Waals surface area contributed by atoms with E-state index in [1.165, 1.54) is 11.3 Å². The number of imidazole rings is 1. The molecule has 0 bridgehead atoms. The van der Waals surface area contributed by atoms with Crippen molar-refractivity contribution in [1.82, 2.24) is 19.5 Å². The van der Waals surface area contributed by atoms with Gasteiger partial charge in [0, 0.05) is 5.56 Å². The molecule has 5 nitrogen and oxygen atoms in total. The number of hydrogen-bond acceptors (Lipinski definition) is 4. The number of thiazole rings is 1. The lowest BCUT2D eigenvalue weighted by molar-refractivity contribution is 1.08. The highest BCUT2D eigenvalue weighted by molar-refractivity contribution is 9.10. The molecule has 0 unspecified atom stereocenters. The topological polar surface area (TPSA) is 63.6 Å². The molecule has 0 radical (unpaired) electrons. The Bertz CT molecular complexity index is 1320. The van der Waals surface area contributed by atoms with E-state index in [2.05, 4.69) is 25.9 Å². The fourth-order valence-corrected chi connectivity index (χ4v) is 4.10. The van der Waals surface area contributed by atoms with Crippen LogP contribution in [0.4, 0.5) is 0 Å². The molecule has 3 heterocycles. The summed E-state index contributed by atoms with van der Waals surface area (Å²) in [6.07, 6.45) is 0. The van der Waals surface area contributed by atoms with Crippen molar-refractivity contribution >= 4 is 48.6 Å². The van der Waals surface area contributed by atoms with Crippen LogP contribution < -0.4 is 4.87 Å². The fraction of sp³-hybridized carbons (Fsp3) is 0. The number of nitrogens with one attached hydrogen (secondary N) is 1. The molecule has 0 aliphatic carbocycles. The van der Waals surface area contributed by atoms with E-state index in [4.69, 9.17) is 4.98 Å². The van der Waals surface area contributed by atoms with Gasteiger partial charge in [0.2, 0.25) is 0 Å². The maximum absolute atomic E-state index is 11.7. The van der Waals surface area contributed by atoms with Crippen molar-refractivity contribution in [3.05, 3.63) is 74.9 Å². The molecule has 5 aromatic rings. The first kappa shape index (κ1) is 15.5. The summed E-state index contributed by atoms with van der Waals surface area (Å²) >= 11 is 4.65. The molecule has 0 atom stereocenters. The zero-order valence-electron chi connectivity index (χ0n) is 13.3. The van der Waals surface area contributed by atoms with Gasteiger partial charge in [0.1, 0.15) is 15.9 Å². The van der Waals surface area contributed by atoms with Gasteiger partial charge in [0.15, 0.2) is 5.65 Å². The average molecular weight is 423 g/mol. The van der Waals surface area contributed by atoms with Crippen LogP contribution in [0, 0.1) is 0 Å². The van der Waals surface area contributed by atoms with Crippen molar-refractivity contribution in [3.8, 4) is 17.1 Å². The van der Waals surface area contributed by atoms with E-state index in [0.29, 0.717) is 0 Å². The van der Waals surface area contributed by atoms with E-state index < -0.39 is 0 Å². The number of hydrogen-bond donors (Lipinski definition) is 1. The van der Waals surface area contributed by atoms with Gasteiger partial charge >= 0.3 is 4.87 Å². The van der Waals surface area contributed by atoms with Crippen LogP contribution in [-0.4, -0.2) is 19.5 Å². The Kier molecular flexibility index (Phi) is 3.51. The van der Waals surface area contributed by atoms with Gasteiger partial charge in [0.05, 0.1) is 15.9 Å². The standard InChI is InChI=1S/C19H11BrN4OS/c20-16-9-8-14-18(23-16)24(17(21-14)11-4-2-1-3-5-11)12-6-7-13-15(10-12)26-19(25)22-13/h1-10H,(H,22,25). The molecule has 7 heteroatoms.